The molecule has 3 heterocycles. The molecule has 7 nitrogen and oxygen atoms in total. The highest BCUT2D eigenvalue weighted by Gasteiger charge is 2.23. The summed E-state index contributed by atoms with van der Waals surface area (Å²) in [4.78, 5) is 30.2. The van der Waals surface area contributed by atoms with Crippen molar-refractivity contribution in [3.63, 3.8) is 0 Å². The molecule has 1 aliphatic rings. The molecule has 0 spiro atoms. The number of urea groups is 1. The first-order valence-corrected chi connectivity index (χ1v) is 9.20. The Balaban J connectivity index is 1.34. The molecule has 0 unspecified atom stereocenters. The third-order valence-electron chi connectivity index (χ3n) is 4.18. The highest BCUT2D eigenvalue weighted by molar-refractivity contribution is 7.19. The summed E-state index contributed by atoms with van der Waals surface area (Å²) in [6.07, 6.45) is 5.25. The standard InChI is InChI=1S/C18H18N6OS/c25-18(22-17-21-13-15(26-17)14-5-2-1-3-6-14)24-11-9-23(10-12-24)16-19-7-4-8-20-16/h1-8,13H,9-12H2,(H,21,22,25). The molecule has 1 N–H and O–H groups in total. The summed E-state index contributed by atoms with van der Waals surface area (Å²) >= 11 is 1.48. The van der Waals surface area contributed by atoms with E-state index in [1.54, 1.807) is 29.6 Å². The molecule has 0 bridgehead atoms. The zero-order chi connectivity index (χ0) is 17.8. The fraction of sp³-hybridized carbons (Fsp3) is 0.222. The molecule has 4 rings (SSSR count). The van der Waals surface area contributed by atoms with Crippen molar-refractivity contribution >= 4 is 28.4 Å². The van der Waals surface area contributed by atoms with E-state index in [4.69, 9.17) is 0 Å². The molecular formula is C18H18N6OS. The van der Waals surface area contributed by atoms with Gasteiger partial charge in [0.25, 0.3) is 0 Å². The number of anilines is 2. The molecule has 2 aromatic heterocycles. The number of carbonyl (C=O) groups excluding carboxylic acids is 1. The van der Waals surface area contributed by atoms with E-state index in [1.165, 1.54) is 11.3 Å². The lowest BCUT2D eigenvalue weighted by atomic mass is 10.2. The zero-order valence-corrected chi connectivity index (χ0v) is 14.9. The van der Waals surface area contributed by atoms with Crippen LogP contribution in [0.2, 0.25) is 0 Å². The first-order chi connectivity index (χ1) is 12.8. The van der Waals surface area contributed by atoms with Crippen LogP contribution in [-0.2, 0) is 0 Å². The van der Waals surface area contributed by atoms with Crippen molar-refractivity contribution in [2.75, 3.05) is 36.4 Å². The van der Waals surface area contributed by atoms with Crippen LogP contribution in [0.1, 0.15) is 0 Å². The molecule has 3 aromatic rings. The van der Waals surface area contributed by atoms with Crippen LogP contribution in [0.5, 0.6) is 0 Å². The second-order valence-electron chi connectivity index (χ2n) is 5.85. The SMILES string of the molecule is O=C(Nc1ncc(-c2ccccc2)s1)N1CCN(c2ncccn2)CC1. The number of amides is 2. The summed E-state index contributed by atoms with van der Waals surface area (Å²) in [5.74, 6) is 0.708. The van der Waals surface area contributed by atoms with Gasteiger partial charge >= 0.3 is 6.03 Å². The third kappa shape index (κ3) is 3.65. The van der Waals surface area contributed by atoms with Crippen LogP contribution < -0.4 is 10.2 Å². The molecule has 0 atom stereocenters. The number of piperazine rings is 1. The minimum absolute atomic E-state index is 0.118. The molecule has 8 heteroatoms. The quantitative estimate of drug-likeness (QED) is 0.771. The Bertz CT molecular complexity index is 862. The van der Waals surface area contributed by atoms with Crippen molar-refractivity contribution in [2.24, 2.45) is 0 Å². The molecule has 0 aliphatic carbocycles. The summed E-state index contributed by atoms with van der Waals surface area (Å²) in [7, 11) is 0. The average Bonchev–Trinajstić information content (AvgIpc) is 3.18. The molecular weight excluding hydrogens is 348 g/mol. The van der Waals surface area contributed by atoms with Gasteiger partial charge in [0.2, 0.25) is 5.95 Å². The lowest BCUT2D eigenvalue weighted by Crippen LogP contribution is -2.50. The molecule has 1 fully saturated rings. The summed E-state index contributed by atoms with van der Waals surface area (Å²) < 4.78 is 0. The summed E-state index contributed by atoms with van der Waals surface area (Å²) in [6.45, 7) is 2.68. The van der Waals surface area contributed by atoms with Crippen LogP contribution in [0, 0.1) is 0 Å². The molecule has 26 heavy (non-hydrogen) atoms. The summed E-state index contributed by atoms with van der Waals surface area (Å²) in [5, 5.41) is 3.51. The van der Waals surface area contributed by atoms with E-state index in [0.29, 0.717) is 37.3 Å². The Labute approximate surface area is 155 Å². The van der Waals surface area contributed by atoms with Crippen LogP contribution in [0.3, 0.4) is 0 Å². The number of nitrogens with one attached hydrogen (secondary N) is 1. The Morgan fingerprint density at radius 1 is 0.962 bits per heavy atom. The number of nitrogens with zero attached hydrogens (tertiary/aromatic N) is 5. The van der Waals surface area contributed by atoms with Gasteiger partial charge in [-0.1, -0.05) is 41.7 Å². The maximum atomic E-state index is 12.5. The van der Waals surface area contributed by atoms with Gasteiger partial charge in [0, 0.05) is 44.8 Å². The molecule has 1 saturated heterocycles. The van der Waals surface area contributed by atoms with Crippen molar-refractivity contribution in [3.05, 3.63) is 55.0 Å². The Morgan fingerprint density at radius 3 is 2.42 bits per heavy atom. The van der Waals surface area contributed by atoms with Crippen molar-refractivity contribution in [1.82, 2.24) is 19.9 Å². The Hall–Kier alpha value is -3.00. The number of aromatic nitrogens is 3. The van der Waals surface area contributed by atoms with Crippen molar-refractivity contribution in [3.8, 4) is 10.4 Å². The summed E-state index contributed by atoms with van der Waals surface area (Å²) in [6, 6.07) is 11.7. The van der Waals surface area contributed by atoms with Gasteiger partial charge in [0.15, 0.2) is 5.13 Å². The molecule has 2 amide bonds. The van der Waals surface area contributed by atoms with Gasteiger partial charge in [-0.15, -0.1) is 0 Å². The molecule has 0 radical (unpaired) electrons. The van der Waals surface area contributed by atoms with E-state index in [1.807, 2.05) is 30.3 Å². The van der Waals surface area contributed by atoms with Crippen LogP contribution in [0.25, 0.3) is 10.4 Å². The second kappa shape index (κ2) is 7.49. The smallest absolute Gasteiger partial charge is 0.323 e. The number of hydrogen-bond donors (Lipinski definition) is 1. The lowest BCUT2D eigenvalue weighted by Gasteiger charge is -2.34. The van der Waals surface area contributed by atoms with Crippen molar-refractivity contribution in [2.45, 2.75) is 0 Å². The van der Waals surface area contributed by atoms with Gasteiger partial charge in [0.1, 0.15) is 0 Å². The lowest BCUT2D eigenvalue weighted by molar-refractivity contribution is 0.208. The Morgan fingerprint density at radius 2 is 1.69 bits per heavy atom. The minimum atomic E-state index is -0.118. The normalized spacial score (nSPS) is 14.3. The van der Waals surface area contributed by atoms with E-state index in [9.17, 15) is 4.79 Å². The van der Waals surface area contributed by atoms with Crippen molar-refractivity contribution in [1.29, 1.82) is 0 Å². The number of carbonyl (C=O) groups is 1. The van der Waals surface area contributed by atoms with Crippen LogP contribution in [0.15, 0.2) is 55.0 Å². The van der Waals surface area contributed by atoms with Gasteiger partial charge in [-0.25, -0.2) is 19.7 Å². The zero-order valence-electron chi connectivity index (χ0n) is 14.1. The van der Waals surface area contributed by atoms with Gasteiger partial charge in [-0.3, -0.25) is 5.32 Å². The number of hydrogen-bond acceptors (Lipinski definition) is 6. The maximum Gasteiger partial charge on any atom is 0.323 e. The Kier molecular flexibility index (Phi) is 4.74. The van der Waals surface area contributed by atoms with E-state index < -0.39 is 0 Å². The predicted molar refractivity (Wildman–Crippen MR) is 102 cm³/mol. The average molecular weight is 366 g/mol. The van der Waals surface area contributed by atoms with Crippen LogP contribution in [0.4, 0.5) is 15.9 Å². The van der Waals surface area contributed by atoms with Gasteiger partial charge < -0.3 is 9.80 Å². The van der Waals surface area contributed by atoms with Crippen molar-refractivity contribution < 1.29 is 4.79 Å². The molecule has 1 aliphatic heterocycles. The topological polar surface area (TPSA) is 74.2 Å². The predicted octanol–water partition coefficient (Wildman–Crippen LogP) is 2.95. The highest BCUT2D eigenvalue weighted by atomic mass is 32.1. The number of rotatable bonds is 3. The minimum Gasteiger partial charge on any atom is -0.337 e. The van der Waals surface area contributed by atoms with E-state index >= 15 is 0 Å². The second-order valence-corrected chi connectivity index (χ2v) is 6.88. The fourth-order valence-corrected chi connectivity index (χ4v) is 3.61. The highest BCUT2D eigenvalue weighted by Crippen LogP contribution is 2.28. The van der Waals surface area contributed by atoms with Gasteiger partial charge in [-0.05, 0) is 11.6 Å². The first-order valence-electron chi connectivity index (χ1n) is 8.39. The van der Waals surface area contributed by atoms with Gasteiger partial charge in [0.05, 0.1) is 4.88 Å². The number of thiazole rings is 1. The van der Waals surface area contributed by atoms with E-state index in [-0.39, 0.29) is 6.03 Å². The van der Waals surface area contributed by atoms with Crippen LogP contribution >= 0.6 is 11.3 Å². The molecule has 1 aromatic carbocycles. The third-order valence-corrected chi connectivity index (χ3v) is 5.14. The fourth-order valence-electron chi connectivity index (χ4n) is 2.80. The number of benzene rings is 1. The monoisotopic (exact) mass is 366 g/mol. The first kappa shape index (κ1) is 16.5. The van der Waals surface area contributed by atoms with E-state index in [0.717, 1.165) is 10.4 Å². The maximum absolute atomic E-state index is 12.5. The largest absolute Gasteiger partial charge is 0.337 e. The summed E-state index contributed by atoms with van der Waals surface area (Å²) in [5.41, 5.74) is 1.10. The van der Waals surface area contributed by atoms with E-state index in [2.05, 4.69) is 25.2 Å². The van der Waals surface area contributed by atoms with Gasteiger partial charge in [-0.2, -0.15) is 0 Å². The molecule has 132 valence electrons. The van der Waals surface area contributed by atoms with Crippen LogP contribution in [-0.4, -0.2) is 52.1 Å². The molecule has 0 saturated carbocycles.